The maximum absolute atomic E-state index is 9.55. The van der Waals surface area contributed by atoms with Gasteiger partial charge in [-0.05, 0) is 6.07 Å². The Labute approximate surface area is 87.0 Å². The number of aliphatic hydroxyl groups is 2. The van der Waals surface area contributed by atoms with Crippen LogP contribution in [0, 0.1) is 0 Å². The fourth-order valence-electron chi connectivity index (χ4n) is 0.722. The molecule has 0 unspecified atom stereocenters. The molecule has 2 amide bonds. The average Bonchev–Trinajstić information content (AvgIpc) is 2.19. The van der Waals surface area contributed by atoms with Crippen molar-refractivity contribution in [2.24, 2.45) is 5.73 Å². The van der Waals surface area contributed by atoms with Gasteiger partial charge in [-0.25, -0.2) is 4.79 Å². The molecule has 1 aromatic carbocycles. The summed E-state index contributed by atoms with van der Waals surface area (Å²) < 4.78 is 0. The van der Waals surface area contributed by atoms with Crippen LogP contribution in [0.15, 0.2) is 24.3 Å². The summed E-state index contributed by atoms with van der Waals surface area (Å²) in [6.07, 6.45) is 0. The Morgan fingerprint density at radius 2 is 1.93 bits per heavy atom. The van der Waals surface area contributed by atoms with Crippen molar-refractivity contribution in [3.05, 3.63) is 29.8 Å². The summed E-state index contributed by atoms with van der Waals surface area (Å²) in [4.78, 5) is 9.55. The van der Waals surface area contributed by atoms with E-state index in [-0.39, 0.29) is 12.4 Å². The lowest BCUT2D eigenvalue weighted by atomic mass is 10.2. The normalized spacial score (nSPS) is 8.67. The smallest absolute Gasteiger partial charge is 0.313 e. The molecule has 15 heavy (non-hydrogen) atoms. The summed E-state index contributed by atoms with van der Waals surface area (Å²) in [5.74, 6) is 0.153. The zero-order valence-corrected chi connectivity index (χ0v) is 8.05. The molecular formula is C9H14N2O4. The Kier molecular flexibility index (Phi) is 6.69. The molecule has 1 aromatic rings. The number of hydrogen-bond donors (Lipinski definition) is 5. The van der Waals surface area contributed by atoms with Crippen molar-refractivity contribution in [1.29, 1.82) is 0 Å². The second kappa shape index (κ2) is 7.60. The van der Waals surface area contributed by atoms with Crippen LogP contribution >= 0.6 is 0 Å². The molecule has 0 bridgehead atoms. The number of hydrogen-bond acceptors (Lipinski definition) is 4. The molecule has 0 aliphatic carbocycles. The van der Waals surface area contributed by atoms with Gasteiger partial charge in [0.1, 0.15) is 12.5 Å². The van der Waals surface area contributed by atoms with E-state index in [2.05, 4.69) is 5.73 Å². The fourth-order valence-corrected chi connectivity index (χ4v) is 0.722. The molecule has 6 heteroatoms. The van der Waals surface area contributed by atoms with Crippen LogP contribution in [0.2, 0.25) is 0 Å². The van der Waals surface area contributed by atoms with E-state index in [4.69, 9.17) is 15.3 Å². The first-order chi connectivity index (χ1) is 7.11. The summed E-state index contributed by atoms with van der Waals surface area (Å²) in [5, 5.41) is 27.2. The number of benzene rings is 1. The first-order valence-electron chi connectivity index (χ1n) is 4.13. The van der Waals surface area contributed by atoms with E-state index < -0.39 is 12.8 Å². The topological polar surface area (TPSA) is 116 Å². The summed E-state index contributed by atoms with van der Waals surface area (Å²) in [6, 6.07) is 6.00. The number of urea groups is 1. The van der Waals surface area contributed by atoms with Crippen molar-refractivity contribution in [2.75, 3.05) is 6.73 Å². The van der Waals surface area contributed by atoms with Crippen LogP contribution in [-0.2, 0) is 6.61 Å². The lowest BCUT2D eigenvalue weighted by Gasteiger charge is -1.96. The standard InChI is InChI=1S/C7H8O2.C2H6N2O2/c8-5-6-3-1-2-4-7(6)9;3-2(6)4-1-5/h1-4,8-9H,5H2;5H,1H2,(H3,3,4,6). The van der Waals surface area contributed by atoms with Gasteiger partial charge in [-0.2, -0.15) is 0 Å². The van der Waals surface area contributed by atoms with Gasteiger partial charge >= 0.3 is 6.03 Å². The van der Waals surface area contributed by atoms with E-state index in [1.807, 2.05) is 5.32 Å². The highest BCUT2D eigenvalue weighted by molar-refractivity contribution is 5.71. The minimum atomic E-state index is -0.711. The molecule has 0 aliphatic heterocycles. The molecule has 0 fully saturated rings. The summed E-state index contributed by atoms with van der Waals surface area (Å²) in [7, 11) is 0. The van der Waals surface area contributed by atoms with E-state index >= 15 is 0 Å². The van der Waals surface area contributed by atoms with Gasteiger partial charge in [-0.15, -0.1) is 0 Å². The van der Waals surface area contributed by atoms with Crippen LogP contribution in [0.1, 0.15) is 5.56 Å². The molecule has 0 aromatic heterocycles. The van der Waals surface area contributed by atoms with E-state index in [1.54, 1.807) is 24.3 Å². The molecule has 6 N–H and O–H groups in total. The quantitative estimate of drug-likeness (QED) is 0.426. The molecule has 0 radical (unpaired) electrons. The maximum Gasteiger partial charge on any atom is 0.313 e. The Morgan fingerprint density at radius 1 is 1.33 bits per heavy atom. The van der Waals surface area contributed by atoms with Gasteiger partial charge in [0.15, 0.2) is 0 Å². The Hall–Kier alpha value is -1.79. The van der Waals surface area contributed by atoms with Crippen molar-refractivity contribution in [1.82, 2.24) is 5.32 Å². The molecule has 0 aliphatic rings. The second-order valence-electron chi connectivity index (χ2n) is 2.49. The number of amides is 2. The van der Waals surface area contributed by atoms with E-state index in [9.17, 15) is 4.79 Å². The first-order valence-corrected chi connectivity index (χ1v) is 4.13. The third-order valence-corrected chi connectivity index (χ3v) is 1.42. The zero-order valence-electron chi connectivity index (χ0n) is 8.05. The van der Waals surface area contributed by atoms with Crippen molar-refractivity contribution < 1.29 is 20.1 Å². The van der Waals surface area contributed by atoms with Crippen molar-refractivity contribution in [2.45, 2.75) is 6.61 Å². The molecule has 0 atom stereocenters. The highest BCUT2D eigenvalue weighted by Gasteiger charge is 1.93. The minimum absolute atomic E-state index is 0.104. The van der Waals surface area contributed by atoms with Crippen molar-refractivity contribution in [3.63, 3.8) is 0 Å². The summed E-state index contributed by atoms with van der Waals surface area (Å²) in [5.41, 5.74) is 5.06. The molecule has 1 rings (SSSR count). The summed E-state index contributed by atoms with van der Waals surface area (Å²) >= 11 is 0. The molecular weight excluding hydrogens is 200 g/mol. The molecule has 6 nitrogen and oxygen atoms in total. The SMILES string of the molecule is NC(=O)NCO.OCc1ccccc1O. The number of rotatable bonds is 2. The Bertz CT molecular complexity index is 304. The molecule has 0 spiro atoms. The highest BCUT2D eigenvalue weighted by Crippen LogP contribution is 2.14. The zero-order chi connectivity index (χ0) is 11.7. The van der Waals surface area contributed by atoms with Crippen LogP contribution in [-0.4, -0.2) is 28.1 Å². The number of nitrogens with two attached hydrogens (primary N) is 1. The fraction of sp³-hybridized carbons (Fsp3) is 0.222. The number of carbonyl (C=O) groups is 1. The first kappa shape index (κ1) is 13.2. The number of phenols is 1. The molecule has 84 valence electrons. The van der Waals surface area contributed by atoms with Crippen LogP contribution in [0.25, 0.3) is 0 Å². The molecule has 0 saturated heterocycles. The highest BCUT2D eigenvalue weighted by atomic mass is 16.3. The third kappa shape index (κ3) is 6.30. The number of carbonyl (C=O) groups excluding carboxylic acids is 1. The van der Waals surface area contributed by atoms with Gasteiger partial charge in [-0.1, -0.05) is 18.2 Å². The largest absolute Gasteiger partial charge is 0.508 e. The van der Waals surface area contributed by atoms with Crippen LogP contribution < -0.4 is 11.1 Å². The molecule has 0 heterocycles. The van der Waals surface area contributed by atoms with Crippen molar-refractivity contribution in [3.8, 4) is 5.75 Å². The molecule has 0 saturated carbocycles. The maximum atomic E-state index is 9.55. The van der Waals surface area contributed by atoms with Crippen molar-refractivity contribution >= 4 is 6.03 Å². The summed E-state index contributed by atoms with van der Waals surface area (Å²) in [6.45, 7) is -0.498. The van der Waals surface area contributed by atoms with E-state index in [0.717, 1.165) is 0 Å². The number of aromatic hydroxyl groups is 1. The monoisotopic (exact) mass is 214 g/mol. The van der Waals surface area contributed by atoms with Gasteiger partial charge in [0.05, 0.1) is 6.61 Å². The van der Waals surface area contributed by atoms with Crippen LogP contribution in [0.3, 0.4) is 0 Å². The number of aliphatic hydroxyl groups excluding tert-OH is 2. The van der Waals surface area contributed by atoms with E-state index in [1.165, 1.54) is 0 Å². The van der Waals surface area contributed by atoms with Gasteiger partial charge in [0.25, 0.3) is 0 Å². The minimum Gasteiger partial charge on any atom is -0.508 e. The van der Waals surface area contributed by atoms with Gasteiger partial charge in [0, 0.05) is 5.56 Å². The van der Waals surface area contributed by atoms with Gasteiger partial charge in [0.2, 0.25) is 0 Å². The lowest BCUT2D eigenvalue weighted by Crippen LogP contribution is -2.29. The predicted molar refractivity (Wildman–Crippen MR) is 53.8 cm³/mol. The Balaban J connectivity index is 0.000000288. The average molecular weight is 214 g/mol. The van der Waals surface area contributed by atoms with Crippen LogP contribution in [0.5, 0.6) is 5.75 Å². The Morgan fingerprint density at radius 3 is 2.20 bits per heavy atom. The lowest BCUT2D eigenvalue weighted by molar-refractivity contribution is 0.225. The number of nitrogens with one attached hydrogen (secondary N) is 1. The van der Waals surface area contributed by atoms with Crippen LogP contribution in [0.4, 0.5) is 4.79 Å². The predicted octanol–water partition coefficient (Wildman–Crippen LogP) is -0.511. The third-order valence-electron chi connectivity index (χ3n) is 1.42. The number of para-hydroxylation sites is 1. The van der Waals surface area contributed by atoms with Gasteiger partial charge < -0.3 is 26.4 Å². The van der Waals surface area contributed by atoms with Gasteiger partial charge in [-0.3, -0.25) is 0 Å². The number of primary amides is 1. The van der Waals surface area contributed by atoms with E-state index in [0.29, 0.717) is 5.56 Å². The second-order valence-corrected chi connectivity index (χ2v) is 2.49.